The predicted molar refractivity (Wildman–Crippen MR) is 103 cm³/mol. The van der Waals surface area contributed by atoms with Gasteiger partial charge in [0.15, 0.2) is 6.61 Å². The first-order valence-electron chi connectivity index (χ1n) is 9.08. The van der Waals surface area contributed by atoms with E-state index in [1.165, 1.54) is 6.07 Å². The van der Waals surface area contributed by atoms with Crippen molar-refractivity contribution in [2.45, 2.75) is 26.5 Å². The Kier molecular flexibility index (Phi) is 5.29. The molecule has 4 rings (SSSR count). The van der Waals surface area contributed by atoms with Crippen LogP contribution in [0.2, 0.25) is 0 Å². The van der Waals surface area contributed by atoms with Crippen molar-refractivity contribution in [3.63, 3.8) is 0 Å². The Morgan fingerprint density at radius 1 is 1.23 bits per heavy atom. The number of carbonyl (C=O) groups excluding carboxylic acids is 1. The molecular weight excluding hydrogens is 393 g/mol. The number of ether oxygens (including phenoxy) is 1. The number of esters is 1. The van der Waals surface area contributed by atoms with Crippen LogP contribution < -0.4 is 5.56 Å². The molecule has 0 radical (unpaired) electrons. The van der Waals surface area contributed by atoms with E-state index in [1.807, 2.05) is 0 Å². The van der Waals surface area contributed by atoms with Gasteiger partial charge < -0.3 is 9.26 Å². The lowest BCUT2D eigenvalue weighted by Crippen LogP contribution is -2.25. The quantitative estimate of drug-likeness (QED) is 0.446. The third kappa shape index (κ3) is 4.07. The predicted octanol–water partition coefficient (Wildman–Crippen LogP) is 2.42. The zero-order valence-electron chi connectivity index (χ0n) is 15.9. The largest absolute Gasteiger partial charge is 0.455 e. The minimum Gasteiger partial charge on any atom is -0.455 e. The second-order valence-electron chi connectivity index (χ2n) is 6.52. The highest BCUT2D eigenvalue weighted by Gasteiger charge is 2.13. The highest BCUT2D eigenvalue weighted by molar-refractivity contribution is 5.76. The summed E-state index contributed by atoms with van der Waals surface area (Å²) >= 11 is 0. The van der Waals surface area contributed by atoms with E-state index in [4.69, 9.17) is 9.26 Å². The van der Waals surface area contributed by atoms with Crippen LogP contribution in [0.1, 0.15) is 17.9 Å². The molecular formula is C20H16FN5O4. The van der Waals surface area contributed by atoms with Gasteiger partial charge in [-0.05, 0) is 30.7 Å². The minimum atomic E-state index is -0.571. The van der Waals surface area contributed by atoms with Gasteiger partial charge in [-0.3, -0.25) is 9.59 Å². The standard InChI is InChI=1S/C20H16FN5O4/c1-12-6-7-13(10-15(12)21)19-22-17(30-24-19)11-29-18(27)8-9-26-20(28)14-4-2-3-5-16(14)23-25-26/h2-7,10H,8-9,11H2,1H3. The number of hydrogen-bond donors (Lipinski definition) is 0. The molecule has 2 aromatic heterocycles. The van der Waals surface area contributed by atoms with Crippen molar-refractivity contribution in [3.05, 3.63) is 70.1 Å². The van der Waals surface area contributed by atoms with E-state index in [2.05, 4.69) is 20.5 Å². The molecule has 0 N–H and O–H groups in total. The Labute approximate surface area is 169 Å². The number of aryl methyl sites for hydroxylation is 2. The van der Waals surface area contributed by atoms with Gasteiger partial charge in [-0.25, -0.2) is 9.07 Å². The van der Waals surface area contributed by atoms with Crippen molar-refractivity contribution < 1.29 is 18.4 Å². The van der Waals surface area contributed by atoms with E-state index in [0.717, 1.165) is 4.68 Å². The van der Waals surface area contributed by atoms with Crippen LogP contribution in [0.5, 0.6) is 0 Å². The van der Waals surface area contributed by atoms with Crippen LogP contribution in [0.25, 0.3) is 22.3 Å². The van der Waals surface area contributed by atoms with E-state index >= 15 is 0 Å². The maximum atomic E-state index is 13.7. The molecule has 0 atom stereocenters. The number of fused-ring (bicyclic) bond motifs is 1. The summed E-state index contributed by atoms with van der Waals surface area (Å²) in [7, 11) is 0. The SMILES string of the molecule is Cc1ccc(-c2noc(COC(=O)CCn3nnc4ccccc4c3=O)n2)cc1F. The van der Waals surface area contributed by atoms with Gasteiger partial charge in [-0.2, -0.15) is 4.98 Å². The first kappa shape index (κ1) is 19.4. The highest BCUT2D eigenvalue weighted by Crippen LogP contribution is 2.19. The summed E-state index contributed by atoms with van der Waals surface area (Å²) in [5.41, 5.74) is 1.11. The molecule has 0 spiro atoms. The Balaban J connectivity index is 1.34. The van der Waals surface area contributed by atoms with Crippen LogP contribution in [-0.4, -0.2) is 31.1 Å². The topological polar surface area (TPSA) is 113 Å². The summed E-state index contributed by atoms with van der Waals surface area (Å²) < 4.78 is 24.9. The van der Waals surface area contributed by atoms with Gasteiger partial charge in [-0.15, -0.1) is 5.10 Å². The molecule has 0 bridgehead atoms. The third-order valence-electron chi connectivity index (χ3n) is 4.41. The number of benzene rings is 2. The minimum absolute atomic E-state index is 0.0211. The molecule has 2 aromatic carbocycles. The fourth-order valence-corrected chi connectivity index (χ4v) is 2.74. The summed E-state index contributed by atoms with van der Waals surface area (Å²) in [6.07, 6.45) is -0.0862. The number of hydrogen-bond acceptors (Lipinski definition) is 8. The first-order chi connectivity index (χ1) is 14.5. The molecule has 10 heteroatoms. The number of nitrogens with zero attached hydrogens (tertiary/aromatic N) is 5. The van der Waals surface area contributed by atoms with E-state index in [9.17, 15) is 14.0 Å². The van der Waals surface area contributed by atoms with Gasteiger partial charge in [0, 0.05) is 5.56 Å². The molecule has 0 saturated carbocycles. The lowest BCUT2D eigenvalue weighted by Gasteiger charge is -2.04. The Bertz CT molecular complexity index is 1280. The van der Waals surface area contributed by atoms with Crippen molar-refractivity contribution in [2.24, 2.45) is 0 Å². The summed E-state index contributed by atoms with van der Waals surface area (Å²) in [6, 6.07) is 11.4. The molecule has 0 unspecified atom stereocenters. The lowest BCUT2D eigenvalue weighted by molar-refractivity contribution is -0.146. The second-order valence-corrected chi connectivity index (χ2v) is 6.52. The Morgan fingerprint density at radius 2 is 2.07 bits per heavy atom. The molecule has 0 aliphatic heterocycles. The van der Waals surface area contributed by atoms with Crippen LogP contribution in [0.15, 0.2) is 51.8 Å². The molecule has 2 heterocycles. The van der Waals surface area contributed by atoms with Crippen LogP contribution in [-0.2, 0) is 22.7 Å². The van der Waals surface area contributed by atoms with Crippen molar-refractivity contribution in [3.8, 4) is 11.4 Å². The summed E-state index contributed by atoms with van der Waals surface area (Å²) in [4.78, 5) is 28.4. The zero-order chi connectivity index (χ0) is 21.1. The normalized spacial score (nSPS) is 11.0. The average Bonchev–Trinajstić information content (AvgIpc) is 3.23. The van der Waals surface area contributed by atoms with Crippen molar-refractivity contribution in [2.75, 3.05) is 0 Å². The number of aromatic nitrogens is 5. The van der Waals surface area contributed by atoms with Gasteiger partial charge in [0.05, 0.1) is 18.4 Å². The fourth-order valence-electron chi connectivity index (χ4n) is 2.74. The monoisotopic (exact) mass is 409 g/mol. The van der Waals surface area contributed by atoms with Gasteiger partial charge in [0.25, 0.3) is 11.4 Å². The maximum Gasteiger partial charge on any atom is 0.308 e. The van der Waals surface area contributed by atoms with E-state index in [-0.39, 0.29) is 42.7 Å². The van der Waals surface area contributed by atoms with E-state index < -0.39 is 5.97 Å². The molecule has 0 aliphatic rings. The third-order valence-corrected chi connectivity index (χ3v) is 4.41. The number of carbonyl (C=O) groups is 1. The second kappa shape index (κ2) is 8.19. The number of halogens is 1. The Hall–Kier alpha value is -3.95. The fraction of sp³-hybridized carbons (Fsp3) is 0.200. The molecule has 0 saturated heterocycles. The average molecular weight is 409 g/mol. The Morgan fingerprint density at radius 3 is 2.90 bits per heavy atom. The molecule has 152 valence electrons. The van der Waals surface area contributed by atoms with Crippen LogP contribution in [0.4, 0.5) is 4.39 Å². The van der Waals surface area contributed by atoms with Crippen LogP contribution >= 0.6 is 0 Å². The van der Waals surface area contributed by atoms with Gasteiger partial charge in [0.1, 0.15) is 11.3 Å². The van der Waals surface area contributed by atoms with Crippen molar-refractivity contribution >= 4 is 16.9 Å². The van der Waals surface area contributed by atoms with Crippen LogP contribution in [0, 0.1) is 12.7 Å². The lowest BCUT2D eigenvalue weighted by atomic mass is 10.1. The van der Waals surface area contributed by atoms with E-state index in [0.29, 0.717) is 22.0 Å². The molecule has 30 heavy (non-hydrogen) atoms. The maximum absolute atomic E-state index is 13.7. The first-order valence-corrected chi connectivity index (χ1v) is 9.08. The van der Waals surface area contributed by atoms with Gasteiger partial charge >= 0.3 is 5.97 Å². The molecule has 4 aromatic rings. The summed E-state index contributed by atoms with van der Waals surface area (Å²) in [5, 5.41) is 12.0. The summed E-state index contributed by atoms with van der Waals surface area (Å²) in [5.74, 6) is -0.685. The number of rotatable bonds is 6. The summed E-state index contributed by atoms with van der Waals surface area (Å²) in [6.45, 7) is 1.43. The zero-order valence-corrected chi connectivity index (χ0v) is 15.9. The molecule has 0 aliphatic carbocycles. The molecule has 0 fully saturated rings. The van der Waals surface area contributed by atoms with Crippen molar-refractivity contribution in [1.82, 2.24) is 25.1 Å². The van der Waals surface area contributed by atoms with Crippen LogP contribution in [0.3, 0.4) is 0 Å². The molecule has 9 nitrogen and oxygen atoms in total. The molecule has 0 amide bonds. The van der Waals surface area contributed by atoms with Gasteiger partial charge in [0.2, 0.25) is 5.82 Å². The highest BCUT2D eigenvalue weighted by atomic mass is 19.1. The van der Waals surface area contributed by atoms with Gasteiger partial charge in [-0.1, -0.05) is 34.6 Å². The van der Waals surface area contributed by atoms with Crippen molar-refractivity contribution in [1.29, 1.82) is 0 Å². The van der Waals surface area contributed by atoms with E-state index in [1.54, 1.807) is 43.3 Å². The smallest absolute Gasteiger partial charge is 0.308 e.